The number of pyridine rings is 1. The molecule has 3 aromatic rings. The normalized spacial score (nSPS) is 10.6. The molecule has 1 aromatic heterocycles. The van der Waals surface area contributed by atoms with Crippen molar-refractivity contribution in [2.75, 3.05) is 0 Å². The highest BCUT2D eigenvalue weighted by atomic mass is 16.5. The molecule has 0 unspecified atom stereocenters. The molecule has 0 aliphatic heterocycles. The Hall–Kier alpha value is -3.40. The van der Waals surface area contributed by atoms with Gasteiger partial charge in [0.15, 0.2) is 0 Å². The summed E-state index contributed by atoms with van der Waals surface area (Å²) in [5, 5.41) is 0. The van der Waals surface area contributed by atoms with Crippen LogP contribution in [-0.4, -0.2) is 11.0 Å². The van der Waals surface area contributed by atoms with Gasteiger partial charge in [0.1, 0.15) is 19.0 Å². The van der Waals surface area contributed by atoms with Crippen LogP contribution in [0.1, 0.15) is 16.7 Å². The number of esters is 1. The van der Waals surface area contributed by atoms with Gasteiger partial charge in [0.2, 0.25) is 0 Å². The summed E-state index contributed by atoms with van der Waals surface area (Å²) >= 11 is 0. The summed E-state index contributed by atoms with van der Waals surface area (Å²) in [4.78, 5) is 15.7. The lowest BCUT2D eigenvalue weighted by Crippen LogP contribution is -2.00. The van der Waals surface area contributed by atoms with Crippen molar-refractivity contribution in [3.05, 3.63) is 102 Å². The Labute approximate surface area is 152 Å². The molecule has 0 N–H and O–H groups in total. The maximum atomic E-state index is 11.8. The number of nitrogens with zero attached hydrogens (tertiary/aromatic N) is 1. The van der Waals surface area contributed by atoms with Gasteiger partial charge >= 0.3 is 5.97 Å². The Balaban J connectivity index is 1.47. The van der Waals surface area contributed by atoms with Gasteiger partial charge in [0.05, 0.1) is 0 Å². The van der Waals surface area contributed by atoms with E-state index < -0.39 is 5.97 Å². The summed E-state index contributed by atoms with van der Waals surface area (Å²) in [6.07, 6.45) is 6.48. The third-order valence-corrected chi connectivity index (χ3v) is 3.64. The van der Waals surface area contributed by atoms with Gasteiger partial charge < -0.3 is 9.47 Å². The average molecular weight is 345 g/mol. The second-order valence-corrected chi connectivity index (χ2v) is 5.65. The smallest absolute Gasteiger partial charge is 0.331 e. The zero-order valence-corrected chi connectivity index (χ0v) is 14.2. The van der Waals surface area contributed by atoms with Gasteiger partial charge in [-0.3, -0.25) is 4.98 Å². The van der Waals surface area contributed by atoms with Crippen molar-refractivity contribution >= 4 is 12.0 Å². The average Bonchev–Trinajstić information content (AvgIpc) is 2.71. The monoisotopic (exact) mass is 345 g/mol. The summed E-state index contributed by atoms with van der Waals surface area (Å²) in [6.45, 7) is 0.736. The van der Waals surface area contributed by atoms with Crippen molar-refractivity contribution in [3.63, 3.8) is 0 Å². The fourth-order valence-corrected chi connectivity index (χ4v) is 2.27. The first kappa shape index (κ1) is 17.4. The van der Waals surface area contributed by atoms with Crippen LogP contribution in [0.25, 0.3) is 6.08 Å². The number of aromatic nitrogens is 1. The van der Waals surface area contributed by atoms with E-state index >= 15 is 0 Å². The molecule has 0 saturated carbocycles. The zero-order chi connectivity index (χ0) is 18.0. The van der Waals surface area contributed by atoms with Gasteiger partial charge in [-0.05, 0) is 35.4 Å². The van der Waals surface area contributed by atoms with E-state index in [4.69, 9.17) is 9.47 Å². The number of rotatable bonds is 7. The first-order valence-electron chi connectivity index (χ1n) is 8.30. The predicted molar refractivity (Wildman–Crippen MR) is 100 cm³/mol. The minimum Gasteiger partial charge on any atom is -0.489 e. The molecule has 0 atom stereocenters. The zero-order valence-electron chi connectivity index (χ0n) is 14.2. The van der Waals surface area contributed by atoms with Crippen molar-refractivity contribution in [3.8, 4) is 5.75 Å². The molecule has 0 aliphatic rings. The molecule has 0 amide bonds. The van der Waals surface area contributed by atoms with E-state index in [1.807, 2.05) is 60.7 Å². The van der Waals surface area contributed by atoms with Crippen molar-refractivity contribution in [2.24, 2.45) is 0 Å². The Bertz CT molecular complexity index is 844. The van der Waals surface area contributed by atoms with Gasteiger partial charge in [-0.1, -0.05) is 48.5 Å². The number of hydrogen-bond donors (Lipinski definition) is 0. The molecule has 2 aromatic carbocycles. The number of ether oxygens (including phenoxy) is 2. The lowest BCUT2D eigenvalue weighted by atomic mass is 10.2. The molecule has 0 spiro atoms. The van der Waals surface area contributed by atoms with E-state index in [0.717, 1.165) is 22.4 Å². The highest BCUT2D eigenvalue weighted by Gasteiger charge is 1.99. The third kappa shape index (κ3) is 5.60. The molecule has 0 bridgehead atoms. The second-order valence-electron chi connectivity index (χ2n) is 5.65. The third-order valence-electron chi connectivity index (χ3n) is 3.64. The van der Waals surface area contributed by atoms with E-state index in [0.29, 0.717) is 6.61 Å². The number of hydrogen-bond acceptors (Lipinski definition) is 4. The topological polar surface area (TPSA) is 48.4 Å². The lowest BCUT2D eigenvalue weighted by Gasteiger charge is -2.06. The molecule has 0 fully saturated rings. The highest BCUT2D eigenvalue weighted by molar-refractivity contribution is 5.87. The van der Waals surface area contributed by atoms with Crippen LogP contribution < -0.4 is 4.74 Å². The summed E-state index contributed by atoms with van der Waals surface area (Å²) in [5.41, 5.74) is 2.87. The van der Waals surface area contributed by atoms with E-state index in [1.165, 1.54) is 6.08 Å². The summed E-state index contributed by atoms with van der Waals surface area (Å²) in [6, 6.07) is 21.2. The minimum atomic E-state index is -0.391. The van der Waals surface area contributed by atoms with Crippen molar-refractivity contribution in [1.29, 1.82) is 0 Å². The summed E-state index contributed by atoms with van der Waals surface area (Å²) < 4.78 is 10.9. The molecule has 130 valence electrons. The molecule has 26 heavy (non-hydrogen) atoms. The maximum absolute atomic E-state index is 11.8. The molecule has 0 saturated heterocycles. The summed E-state index contributed by atoms with van der Waals surface area (Å²) in [7, 11) is 0. The van der Waals surface area contributed by atoms with Gasteiger partial charge in [-0.2, -0.15) is 0 Å². The fraction of sp³-hybridized carbons (Fsp3) is 0.0909. The van der Waals surface area contributed by atoms with Crippen LogP contribution in [0, 0.1) is 0 Å². The Morgan fingerprint density at radius 2 is 1.65 bits per heavy atom. The Morgan fingerprint density at radius 1 is 0.885 bits per heavy atom. The van der Waals surface area contributed by atoms with Crippen LogP contribution in [0.2, 0.25) is 0 Å². The van der Waals surface area contributed by atoms with Crippen LogP contribution in [0.15, 0.2) is 85.2 Å². The van der Waals surface area contributed by atoms with Crippen LogP contribution in [0.3, 0.4) is 0 Å². The molecule has 1 heterocycles. The number of carbonyl (C=O) groups excluding carboxylic acids is 1. The van der Waals surface area contributed by atoms with Gasteiger partial charge in [0.25, 0.3) is 0 Å². The second kappa shape index (κ2) is 9.18. The molecular formula is C22H19NO3. The first-order valence-corrected chi connectivity index (χ1v) is 8.30. The lowest BCUT2D eigenvalue weighted by molar-refractivity contribution is -0.138. The molecular weight excluding hydrogens is 326 g/mol. The van der Waals surface area contributed by atoms with Gasteiger partial charge in [-0.25, -0.2) is 4.79 Å². The van der Waals surface area contributed by atoms with Gasteiger partial charge in [0, 0.05) is 24.0 Å². The molecule has 4 heteroatoms. The van der Waals surface area contributed by atoms with Crippen LogP contribution in [-0.2, 0) is 22.7 Å². The Morgan fingerprint density at radius 3 is 2.38 bits per heavy atom. The minimum absolute atomic E-state index is 0.212. The van der Waals surface area contributed by atoms with Crippen LogP contribution in [0.5, 0.6) is 5.75 Å². The number of benzene rings is 2. The molecule has 0 aliphatic carbocycles. The molecule has 4 nitrogen and oxygen atoms in total. The largest absolute Gasteiger partial charge is 0.489 e. The fourth-order valence-electron chi connectivity index (χ4n) is 2.27. The van der Waals surface area contributed by atoms with Crippen molar-refractivity contribution in [2.45, 2.75) is 13.2 Å². The predicted octanol–water partition coefficient (Wildman–Crippen LogP) is 4.42. The quantitative estimate of drug-likeness (QED) is 0.470. The van der Waals surface area contributed by atoms with E-state index in [2.05, 4.69) is 4.98 Å². The van der Waals surface area contributed by atoms with Crippen molar-refractivity contribution in [1.82, 2.24) is 4.98 Å². The molecule has 3 rings (SSSR count). The van der Waals surface area contributed by atoms with Gasteiger partial charge in [-0.15, -0.1) is 0 Å². The van der Waals surface area contributed by atoms with E-state index in [-0.39, 0.29) is 6.61 Å². The van der Waals surface area contributed by atoms with Crippen molar-refractivity contribution < 1.29 is 14.3 Å². The molecule has 0 radical (unpaired) electrons. The first-order chi connectivity index (χ1) is 12.8. The Kier molecular flexibility index (Phi) is 6.15. The summed E-state index contributed by atoms with van der Waals surface area (Å²) in [5.74, 6) is 0.392. The maximum Gasteiger partial charge on any atom is 0.331 e. The van der Waals surface area contributed by atoms with Crippen LogP contribution in [0.4, 0.5) is 0 Å². The highest BCUT2D eigenvalue weighted by Crippen LogP contribution is 2.15. The van der Waals surface area contributed by atoms with E-state index in [1.54, 1.807) is 24.5 Å². The number of carbonyl (C=O) groups is 1. The van der Waals surface area contributed by atoms with Crippen LogP contribution >= 0.6 is 0 Å². The van der Waals surface area contributed by atoms with E-state index in [9.17, 15) is 4.79 Å². The SMILES string of the molecule is O=C(/C=C/c1ccc(OCc2ccccc2)cc1)OCc1cccnc1. The standard InChI is InChI=1S/C22H19NO3/c24-22(26-17-20-7-4-14-23-15-20)13-10-18-8-11-21(12-9-18)25-16-19-5-2-1-3-6-19/h1-15H,16-17H2/b13-10+.